The van der Waals surface area contributed by atoms with Gasteiger partial charge in [-0.1, -0.05) is 176 Å². The van der Waals surface area contributed by atoms with E-state index in [-0.39, 0.29) is 51.2 Å². The SMILES string of the molecule is CC(=O)Nc1cc(C)cc(C(=O)C(C)(C)C)c1.CC(C)(C)C(=O)c1cccc(-n2cccn2)c1.Cc1cc(C)n(CC(=O)C(C)(C)C)n1.Cc1ccc(-c2ccc(S(=O)(=O)C(C)(C)C)cc2)cc1.Cc1oc(-c2ccccc2)nc1NC(=O)C(C)(C)C.Cn1cc(C(=O)C(C)(C)C)cn1. The molecule has 0 unspecified atom stereocenters. The van der Waals surface area contributed by atoms with Crippen LogP contribution in [0.5, 0.6) is 0 Å². The first-order valence-corrected chi connectivity index (χ1v) is 34.4. The molecule has 9 rings (SSSR count). The fourth-order valence-corrected chi connectivity index (χ4v) is 10.1. The number of nitrogens with zero attached hydrogens (tertiary/aromatic N) is 7. The van der Waals surface area contributed by atoms with Gasteiger partial charge in [0.1, 0.15) is 12.3 Å². The van der Waals surface area contributed by atoms with Crippen molar-refractivity contribution in [2.75, 3.05) is 10.6 Å². The second-order valence-corrected chi connectivity index (χ2v) is 33.4. The van der Waals surface area contributed by atoms with Crippen LogP contribution in [-0.2, 0) is 37.8 Å². The highest BCUT2D eigenvalue weighted by Gasteiger charge is 2.31. The summed E-state index contributed by atoms with van der Waals surface area (Å²) in [7, 11) is -1.48. The molecule has 9 aromatic rings. The minimum Gasteiger partial charge on any atom is -0.439 e. The smallest absolute Gasteiger partial charge is 0.230 e. The van der Waals surface area contributed by atoms with E-state index in [1.807, 2.05) is 241 Å². The molecule has 4 heterocycles. The van der Waals surface area contributed by atoms with Crippen molar-refractivity contribution in [2.45, 2.75) is 182 Å². The predicted octanol–water partition coefficient (Wildman–Crippen LogP) is 17.9. The monoisotopic (exact) mass is 1370 g/mol. The molecule has 0 atom stereocenters. The van der Waals surface area contributed by atoms with Crippen molar-refractivity contribution in [3.05, 3.63) is 203 Å². The first-order chi connectivity index (χ1) is 45.5. The molecule has 0 saturated carbocycles. The Morgan fingerprint density at radius 2 is 1.07 bits per heavy atom. The molecule has 0 saturated heterocycles. The summed E-state index contributed by atoms with van der Waals surface area (Å²) >= 11 is 0. The van der Waals surface area contributed by atoms with Crippen LogP contribution in [0.1, 0.15) is 191 Å². The van der Waals surface area contributed by atoms with E-state index >= 15 is 0 Å². The molecule has 99 heavy (non-hydrogen) atoms. The van der Waals surface area contributed by atoms with Crippen LogP contribution >= 0.6 is 0 Å². The van der Waals surface area contributed by atoms with Crippen LogP contribution in [0.2, 0.25) is 0 Å². The maximum absolute atomic E-state index is 12.3. The fourth-order valence-electron chi connectivity index (χ4n) is 8.88. The van der Waals surface area contributed by atoms with Crippen LogP contribution in [0.15, 0.2) is 168 Å². The zero-order valence-electron chi connectivity index (χ0n) is 62.9. The van der Waals surface area contributed by atoms with E-state index in [4.69, 9.17) is 4.42 Å². The van der Waals surface area contributed by atoms with Gasteiger partial charge < -0.3 is 15.1 Å². The zero-order chi connectivity index (χ0) is 75.0. The van der Waals surface area contributed by atoms with Crippen molar-refractivity contribution >= 4 is 56.3 Å². The molecule has 5 aromatic carbocycles. The third-order valence-corrected chi connectivity index (χ3v) is 17.4. The molecule has 4 aromatic heterocycles. The summed E-state index contributed by atoms with van der Waals surface area (Å²) < 4.78 is 34.7. The van der Waals surface area contributed by atoms with Crippen molar-refractivity contribution in [1.29, 1.82) is 0 Å². The molecule has 530 valence electrons. The standard InChI is InChI=1S/C17H20O2S.C15H18N2O2.C14H16N2O.C14H19NO2.C11H18N2O.C9H14N2O/c1-13-5-7-14(8-6-13)15-9-11-16(12-10-15)20(18,19)17(2,3)4;1-10-12(17-14(18)15(2,3)4)16-13(19-10)11-8-6-5-7-9-11;1-14(2,3)13(17)11-6-4-7-12(10-11)16-9-5-8-15-16;1-9-6-11(13(17)14(3,4)5)8-12(7-9)15-10(2)16;1-8-6-9(2)13(12-8)7-10(14)11(3,4)5;1-9(2,3)8(12)7-5-10-11(4)6-7/h5-12H,1-4H3;5-9H,1-4H3,(H,17,18);4-10H,1-3H3;6-8H,1-5H3,(H,15,16);6H,7H2,1-5H3;5-6H,1-4H3. The molecule has 0 aliphatic carbocycles. The lowest BCUT2D eigenvalue weighted by atomic mass is 9.86. The van der Waals surface area contributed by atoms with Crippen LogP contribution in [0.4, 0.5) is 11.5 Å². The van der Waals surface area contributed by atoms with E-state index < -0.39 is 25.4 Å². The lowest BCUT2D eigenvalue weighted by molar-refractivity contribution is -0.127. The van der Waals surface area contributed by atoms with Crippen LogP contribution in [0.25, 0.3) is 28.3 Å². The van der Waals surface area contributed by atoms with Crippen molar-refractivity contribution in [1.82, 2.24) is 34.3 Å². The Labute approximate surface area is 587 Å². The molecule has 0 aliphatic rings. The summed E-state index contributed by atoms with van der Waals surface area (Å²) in [5.41, 5.74) is 8.98. The number of aryl methyl sites for hydroxylation is 6. The summed E-state index contributed by atoms with van der Waals surface area (Å²) in [6.07, 6.45) is 6.93. The fraction of sp³-hybridized carbons (Fsp3) is 0.400. The number of ketones is 4. The number of aromatic nitrogens is 7. The number of carbonyl (C=O) groups excluding carboxylic acids is 6. The summed E-state index contributed by atoms with van der Waals surface area (Å²) in [6, 6.07) is 41.7. The summed E-state index contributed by atoms with van der Waals surface area (Å²) in [4.78, 5) is 75.3. The first kappa shape index (κ1) is 81.9. The molecule has 0 spiro atoms. The minimum atomic E-state index is -3.28. The Kier molecular flexibility index (Phi) is 28.0. The molecular formula is C80H105N9O9S. The lowest BCUT2D eigenvalue weighted by Gasteiger charge is -2.19. The Bertz CT molecular complexity index is 4300. The van der Waals surface area contributed by atoms with E-state index in [9.17, 15) is 37.2 Å². The average molecular weight is 1370 g/mol. The molecule has 18 nitrogen and oxygen atoms in total. The van der Waals surface area contributed by atoms with Gasteiger partial charge in [0.25, 0.3) is 0 Å². The number of carbonyl (C=O) groups is 6. The number of oxazole rings is 1. The van der Waals surface area contributed by atoms with Gasteiger partial charge in [-0.2, -0.15) is 20.3 Å². The molecular weight excluding hydrogens is 1260 g/mol. The largest absolute Gasteiger partial charge is 0.439 e. The normalized spacial score (nSPS) is 11.6. The number of amides is 2. The Morgan fingerprint density at radius 1 is 0.525 bits per heavy atom. The van der Waals surface area contributed by atoms with E-state index in [1.165, 1.54) is 12.5 Å². The third-order valence-electron chi connectivity index (χ3n) is 14.9. The van der Waals surface area contributed by atoms with Crippen molar-refractivity contribution in [2.24, 2.45) is 34.1 Å². The Hall–Kier alpha value is -9.49. The van der Waals surface area contributed by atoms with E-state index in [0.29, 0.717) is 45.7 Å². The highest BCUT2D eigenvalue weighted by atomic mass is 32.2. The molecule has 19 heteroatoms. The molecule has 2 N–H and O–H groups in total. The highest BCUT2D eigenvalue weighted by molar-refractivity contribution is 7.92. The summed E-state index contributed by atoms with van der Waals surface area (Å²) in [5.74, 6) is 1.96. The molecule has 0 fully saturated rings. The van der Waals surface area contributed by atoms with Crippen molar-refractivity contribution in [3.63, 3.8) is 0 Å². The molecule has 2 amide bonds. The minimum absolute atomic E-state index is 0.0767. The summed E-state index contributed by atoms with van der Waals surface area (Å²) in [5, 5.41) is 17.9. The number of hydrogen-bond donors (Lipinski definition) is 2. The quantitative estimate of drug-likeness (QED) is 0.115. The van der Waals surface area contributed by atoms with Gasteiger partial charge in [-0.3, -0.25) is 38.1 Å². The number of rotatable bonds is 11. The number of Topliss-reactive ketones (excluding diaryl/α,β-unsaturated/α-hetero) is 4. The number of benzene rings is 5. The Morgan fingerprint density at radius 3 is 1.54 bits per heavy atom. The molecule has 0 aliphatic heterocycles. The van der Waals surface area contributed by atoms with E-state index in [1.54, 1.807) is 85.6 Å². The number of hydrogen-bond acceptors (Lipinski definition) is 13. The van der Waals surface area contributed by atoms with Gasteiger partial charge in [0, 0.05) is 87.7 Å². The van der Waals surface area contributed by atoms with Gasteiger partial charge in [-0.05, 0) is 139 Å². The zero-order valence-corrected chi connectivity index (χ0v) is 63.7. The molecule has 0 bridgehead atoms. The van der Waals surface area contributed by atoms with Gasteiger partial charge in [0.2, 0.25) is 17.7 Å². The van der Waals surface area contributed by atoms with Gasteiger partial charge in [0.05, 0.1) is 32.8 Å². The average Bonchev–Trinajstić information content (AvgIpc) is 1.67. The maximum Gasteiger partial charge on any atom is 0.230 e. The van der Waals surface area contributed by atoms with Gasteiger partial charge in [-0.25, -0.2) is 13.1 Å². The maximum atomic E-state index is 12.3. The number of nitrogens with one attached hydrogen (secondary N) is 2. The van der Waals surface area contributed by atoms with Crippen LogP contribution in [0.3, 0.4) is 0 Å². The first-order valence-electron chi connectivity index (χ1n) is 32.9. The van der Waals surface area contributed by atoms with Crippen molar-refractivity contribution < 1.29 is 41.6 Å². The van der Waals surface area contributed by atoms with Gasteiger partial charge >= 0.3 is 0 Å². The van der Waals surface area contributed by atoms with Crippen LogP contribution < -0.4 is 10.6 Å². The lowest BCUT2D eigenvalue weighted by Crippen LogP contribution is -2.28. The van der Waals surface area contributed by atoms with Crippen LogP contribution in [-0.4, -0.2) is 82.4 Å². The number of anilines is 2. The van der Waals surface area contributed by atoms with E-state index in [2.05, 4.69) is 43.0 Å². The number of sulfone groups is 1. The second kappa shape index (κ2) is 33.8. The van der Waals surface area contributed by atoms with Gasteiger partial charge in [0.15, 0.2) is 38.8 Å². The van der Waals surface area contributed by atoms with Gasteiger partial charge in [-0.15, -0.1) is 0 Å². The van der Waals surface area contributed by atoms with Crippen LogP contribution in [0, 0.1) is 61.7 Å². The third kappa shape index (κ3) is 25.4. The predicted molar refractivity (Wildman–Crippen MR) is 398 cm³/mol. The molecule has 0 radical (unpaired) electrons. The van der Waals surface area contributed by atoms with Crippen molar-refractivity contribution in [3.8, 4) is 28.3 Å². The van der Waals surface area contributed by atoms with E-state index in [0.717, 1.165) is 44.9 Å². The summed E-state index contributed by atoms with van der Waals surface area (Å²) in [6.45, 7) is 45.1. The topological polar surface area (TPSA) is 240 Å². The second-order valence-electron chi connectivity index (χ2n) is 30.7. The Balaban J connectivity index is 0.000000254. The highest BCUT2D eigenvalue weighted by Crippen LogP contribution is 2.30.